The van der Waals surface area contributed by atoms with Crippen LogP contribution >= 0.6 is 0 Å². The van der Waals surface area contributed by atoms with Crippen molar-refractivity contribution in [2.75, 3.05) is 25.5 Å². The third-order valence-electron chi connectivity index (χ3n) is 5.27. The Morgan fingerprint density at radius 3 is 2.57 bits per heavy atom. The first kappa shape index (κ1) is 20.0. The summed E-state index contributed by atoms with van der Waals surface area (Å²) >= 11 is 0. The van der Waals surface area contributed by atoms with Gasteiger partial charge >= 0.3 is 0 Å². The van der Waals surface area contributed by atoms with Crippen molar-refractivity contribution in [3.63, 3.8) is 0 Å². The molecule has 1 fully saturated rings. The molecule has 0 spiro atoms. The van der Waals surface area contributed by atoms with Crippen molar-refractivity contribution < 1.29 is 9.59 Å². The highest BCUT2D eigenvalue weighted by atomic mass is 16.2. The van der Waals surface area contributed by atoms with Gasteiger partial charge in [0.2, 0.25) is 11.8 Å². The van der Waals surface area contributed by atoms with Crippen LogP contribution in [0.25, 0.3) is 0 Å². The van der Waals surface area contributed by atoms with Crippen molar-refractivity contribution in [1.29, 1.82) is 0 Å². The Hall–Kier alpha value is -2.73. The highest BCUT2D eigenvalue weighted by Crippen LogP contribution is 2.21. The van der Waals surface area contributed by atoms with E-state index in [2.05, 4.69) is 15.6 Å². The Bertz CT molecular complexity index is 835. The zero-order valence-electron chi connectivity index (χ0n) is 16.7. The van der Waals surface area contributed by atoms with Crippen LogP contribution in [-0.4, -0.2) is 41.8 Å². The van der Waals surface area contributed by atoms with Gasteiger partial charge in [-0.2, -0.15) is 0 Å². The predicted molar refractivity (Wildman–Crippen MR) is 110 cm³/mol. The second kappa shape index (κ2) is 8.97. The molecule has 1 aliphatic rings. The van der Waals surface area contributed by atoms with Crippen LogP contribution in [0.4, 0.5) is 5.69 Å². The molecule has 1 saturated heterocycles. The summed E-state index contributed by atoms with van der Waals surface area (Å²) in [4.78, 5) is 31.6. The number of benzene rings is 1. The molecule has 0 aliphatic carbocycles. The first-order chi connectivity index (χ1) is 13.4. The monoisotopic (exact) mass is 380 g/mol. The second-order valence-corrected chi connectivity index (χ2v) is 7.60. The Labute approximate surface area is 166 Å². The SMILES string of the molecule is Cc1ccc(NC(=O)[C@@H]2CNC[C@H](C(=O)N(C)Cc3ncccc3C)C2)cc1. The van der Waals surface area contributed by atoms with Crippen LogP contribution in [0.2, 0.25) is 0 Å². The standard InChI is InChI=1S/C22H28N4O2/c1-15-6-8-19(9-7-15)25-21(27)17-11-18(13-23-12-17)22(28)26(3)14-20-16(2)5-4-10-24-20/h4-10,17-18,23H,11-14H2,1-3H3,(H,25,27)/t17-,18+/m0/s1. The van der Waals surface area contributed by atoms with Gasteiger partial charge in [0.05, 0.1) is 24.1 Å². The topological polar surface area (TPSA) is 74.3 Å². The lowest BCUT2D eigenvalue weighted by atomic mass is 9.88. The average Bonchev–Trinajstić information content (AvgIpc) is 2.71. The van der Waals surface area contributed by atoms with Crippen LogP contribution in [0.3, 0.4) is 0 Å². The Balaban J connectivity index is 1.58. The van der Waals surface area contributed by atoms with E-state index in [0.29, 0.717) is 26.1 Å². The number of aromatic nitrogens is 1. The zero-order chi connectivity index (χ0) is 20.1. The molecular formula is C22H28N4O2. The molecule has 1 aromatic carbocycles. The molecule has 2 aromatic rings. The minimum atomic E-state index is -0.228. The summed E-state index contributed by atoms with van der Waals surface area (Å²) in [5.74, 6) is -0.437. The molecule has 0 saturated carbocycles. The summed E-state index contributed by atoms with van der Waals surface area (Å²) in [7, 11) is 1.80. The smallest absolute Gasteiger partial charge is 0.228 e. The molecule has 6 nitrogen and oxygen atoms in total. The van der Waals surface area contributed by atoms with Crippen LogP contribution in [0.15, 0.2) is 42.6 Å². The molecule has 2 heterocycles. The average molecular weight is 380 g/mol. The van der Waals surface area contributed by atoms with Crippen LogP contribution in [0.5, 0.6) is 0 Å². The highest BCUT2D eigenvalue weighted by molar-refractivity contribution is 5.93. The van der Waals surface area contributed by atoms with Gasteiger partial charge in [-0.05, 0) is 44.0 Å². The van der Waals surface area contributed by atoms with Crippen molar-refractivity contribution in [3.8, 4) is 0 Å². The summed E-state index contributed by atoms with van der Waals surface area (Å²) in [6.45, 7) is 5.66. The van der Waals surface area contributed by atoms with Crippen molar-refractivity contribution in [2.45, 2.75) is 26.8 Å². The van der Waals surface area contributed by atoms with Gasteiger partial charge < -0.3 is 15.5 Å². The second-order valence-electron chi connectivity index (χ2n) is 7.60. The maximum atomic E-state index is 12.9. The van der Waals surface area contributed by atoms with Gasteiger partial charge in [-0.1, -0.05) is 23.8 Å². The molecule has 0 radical (unpaired) electrons. The van der Waals surface area contributed by atoms with Crippen LogP contribution in [0, 0.1) is 25.7 Å². The molecular weight excluding hydrogens is 352 g/mol. The number of anilines is 1. The normalized spacial score (nSPS) is 19.1. The molecule has 6 heteroatoms. The molecule has 3 rings (SSSR count). The third-order valence-corrected chi connectivity index (χ3v) is 5.27. The number of amides is 2. The van der Waals surface area contributed by atoms with E-state index < -0.39 is 0 Å². The maximum Gasteiger partial charge on any atom is 0.228 e. The van der Waals surface area contributed by atoms with Crippen molar-refractivity contribution in [2.24, 2.45) is 11.8 Å². The van der Waals surface area contributed by atoms with Crippen LogP contribution in [0.1, 0.15) is 23.2 Å². The van der Waals surface area contributed by atoms with E-state index in [4.69, 9.17) is 0 Å². The lowest BCUT2D eigenvalue weighted by Crippen LogP contribution is -2.47. The Morgan fingerprint density at radius 1 is 1.14 bits per heavy atom. The van der Waals surface area contributed by atoms with Gasteiger partial charge in [-0.25, -0.2) is 0 Å². The fourth-order valence-corrected chi connectivity index (χ4v) is 3.51. The number of carbonyl (C=O) groups is 2. The number of hydrogen-bond acceptors (Lipinski definition) is 4. The van der Waals surface area contributed by atoms with E-state index in [1.807, 2.05) is 50.2 Å². The molecule has 1 aromatic heterocycles. The minimum absolute atomic E-state index is 0.0444. The Kier molecular flexibility index (Phi) is 6.41. The van der Waals surface area contributed by atoms with Gasteiger partial charge in [-0.3, -0.25) is 14.6 Å². The van der Waals surface area contributed by atoms with Crippen molar-refractivity contribution in [3.05, 3.63) is 59.4 Å². The Morgan fingerprint density at radius 2 is 1.86 bits per heavy atom. The van der Waals surface area contributed by atoms with E-state index in [1.165, 1.54) is 0 Å². The molecule has 1 aliphatic heterocycles. The number of pyridine rings is 1. The zero-order valence-corrected chi connectivity index (χ0v) is 16.7. The predicted octanol–water partition coefficient (Wildman–Crippen LogP) is 2.52. The number of nitrogens with one attached hydrogen (secondary N) is 2. The molecule has 148 valence electrons. The van der Waals surface area contributed by atoms with Crippen LogP contribution < -0.4 is 10.6 Å². The summed E-state index contributed by atoms with van der Waals surface area (Å²) in [5.41, 5.74) is 3.90. The van der Waals surface area contributed by atoms with E-state index in [1.54, 1.807) is 18.1 Å². The van der Waals surface area contributed by atoms with Gasteiger partial charge in [0.1, 0.15) is 0 Å². The van der Waals surface area contributed by atoms with Gasteiger partial charge in [0, 0.05) is 32.0 Å². The number of nitrogens with zero attached hydrogens (tertiary/aromatic N) is 2. The van der Waals surface area contributed by atoms with E-state index in [9.17, 15) is 9.59 Å². The van der Waals surface area contributed by atoms with Crippen molar-refractivity contribution >= 4 is 17.5 Å². The maximum absolute atomic E-state index is 12.9. The molecule has 2 N–H and O–H groups in total. The van der Waals surface area contributed by atoms with Crippen molar-refractivity contribution in [1.82, 2.24) is 15.2 Å². The fourth-order valence-electron chi connectivity index (χ4n) is 3.51. The molecule has 0 bridgehead atoms. The lowest BCUT2D eigenvalue weighted by molar-refractivity contribution is -0.136. The van der Waals surface area contributed by atoms with Gasteiger partial charge in [0.15, 0.2) is 0 Å². The summed E-state index contributed by atoms with van der Waals surface area (Å²) in [5, 5.41) is 6.21. The summed E-state index contributed by atoms with van der Waals surface area (Å²) in [6, 6.07) is 11.6. The minimum Gasteiger partial charge on any atom is -0.340 e. The fraction of sp³-hybridized carbons (Fsp3) is 0.409. The number of carbonyl (C=O) groups excluding carboxylic acids is 2. The molecule has 0 unspecified atom stereocenters. The molecule has 2 atom stereocenters. The highest BCUT2D eigenvalue weighted by Gasteiger charge is 2.32. The first-order valence-corrected chi connectivity index (χ1v) is 9.67. The number of piperidine rings is 1. The van der Waals surface area contributed by atoms with Gasteiger partial charge in [-0.15, -0.1) is 0 Å². The lowest BCUT2D eigenvalue weighted by Gasteiger charge is -2.31. The first-order valence-electron chi connectivity index (χ1n) is 9.67. The largest absolute Gasteiger partial charge is 0.340 e. The number of rotatable bonds is 5. The molecule has 28 heavy (non-hydrogen) atoms. The third kappa shape index (κ3) is 4.95. The molecule has 2 amide bonds. The van der Waals surface area contributed by atoms with E-state index in [-0.39, 0.29) is 23.7 Å². The number of hydrogen-bond donors (Lipinski definition) is 2. The van der Waals surface area contributed by atoms with E-state index in [0.717, 1.165) is 22.5 Å². The quantitative estimate of drug-likeness (QED) is 0.836. The summed E-state index contributed by atoms with van der Waals surface area (Å²) in [6.07, 6.45) is 2.29. The van der Waals surface area contributed by atoms with Crippen LogP contribution in [-0.2, 0) is 16.1 Å². The van der Waals surface area contributed by atoms with E-state index >= 15 is 0 Å². The van der Waals surface area contributed by atoms with Gasteiger partial charge in [0.25, 0.3) is 0 Å². The summed E-state index contributed by atoms with van der Waals surface area (Å²) < 4.78 is 0. The number of aryl methyl sites for hydroxylation is 2.